The number of alkyl halides is 3. The summed E-state index contributed by atoms with van der Waals surface area (Å²) < 4.78 is 40.1. The highest BCUT2D eigenvalue weighted by Gasteiger charge is 2.35. The highest BCUT2D eigenvalue weighted by atomic mass is 19.4. The molecule has 0 bridgehead atoms. The van der Waals surface area contributed by atoms with Crippen molar-refractivity contribution < 1.29 is 13.2 Å². The fraction of sp³-hybridized carbons (Fsp3) is 0.556. The van der Waals surface area contributed by atoms with E-state index in [2.05, 4.69) is 20.9 Å². The first kappa shape index (κ1) is 18.7. The number of halogens is 3. The molecule has 0 saturated carbocycles. The van der Waals surface area contributed by atoms with Gasteiger partial charge in [0.25, 0.3) is 0 Å². The van der Waals surface area contributed by atoms with Gasteiger partial charge in [0, 0.05) is 52.5 Å². The summed E-state index contributed by atoms with van der Waals surface area (Å²) in [7, 11) is 5.95. The molecule has 0 N–H and O–H groups in total. The third-order valence-corrected chi connectivity index (χ3v) is 4.67. The van der Waals surface area contributed by atoms with E-state index in [0.29, 0.717) is 24.7 Å². The van der Waals surface area contributed by atoms with Crippen LogP contribution in [0.1, 0.15) is 23.5 Å². The highest BCUT2D eigenvalue weighted by molar-refractivity contribution is 5.38. The van der Waals surface area contributed by atoms with E-state index in [0.717, 1.165) is 31.5 Å². The number of aromatic nitrogens is 3. The van der Waals surface area contributed by atoms with E-state index < -0.39 is 11.9 Å². The number of imidazole rings is 1. The molecule has 2 aromatic heterocycles. The standard InChI is InChI=1S/C18H24F3N5/c1-24(2)17-8-13(6-7-22-17)9-25(3)10-14-4-5-16-23-15(18(19,20)21)12-26(16)11-14/h6-8,12,14H,4-5,9-11H2,1-3H3/t14-/m1/s1. The smallest absolute Gasteiger partial charge is 0.363 e. The minimum absolute atomic E-state index is 0.318. The Hall–Kier alpha value is -2.09. The molecule has 0 radical (unpaired) electrons. The van der Waals surface area contributed by atoms with Crippen LogP contribution in [0.3, 0.4) is 0 Å². The SMILES string of the molecule is CN(Cc1ccnc(N(C)C)c1)C[C@H]1CCc2nc(C(F)(F)F)cn2C1. The molecule has 0 fully saturated rings. The van der Waals surface area contributed by atoms with Gasteiger partial charge >= 0.3 is 6.18 Å². The van der Waals surface area contributed by atoms with E-state index in [1.165, 1.54) is 5.56 Å². The first-order valence-corrected chi connectivity index (χ1v) is 8.66. The van der Waals surface area contributed by atoms with Gasteiger partial charge in [-0.3, -0.25) is 0 Å². The Bertz CT molecular complexity index is 754. The fourth-order valence-electron chi connectivity index (χ4n) is 3.42. The average Bonchev–Trinajstić information content (AvgIpc) is 2.98. The Morgan fingerprint density at radius 2 is 2.04 bits per heavy atom. The lowest BCUT2D eigenvalue weighted by molar-refractivity contribution is -0.141. The van der Waals surface area contributed by atoms with E-state index in [-0.39, 0.29) is 0 Å². The first-order chi connectivity index (χ1) is 12.2. The molecular weight excluding hydrogens is 343 g/mol. The molecule has 142 valence electrons. The Morgan fingerprint density at radius 1 is 1.27 bits per heavy atom. The van der Waals surface area contributed by atoms with Gasteiger partial charge < -0.3 is 14.4 Å². The summed E-state index contributed by atoms with van der Waals surface area (Å²) in [5.74, 6) is 1.77. The third kappa shape index (κ3) is 4.35. The van der Waals surface area contributed by atoms with Crippen LogP contribution in [0.25, 0.3) is 0 Å². The summed E-state index contributed by atoms with van der Waals surface area (Å²) in [6.45, 7) is 2.20. The highest BCUT2D eigenvalue weighted by Crippen LogP contribution is 2.30. The van der Waals surface area contributed by atoms with E-state index >= 15 is 0 Å². The summed E-state index contributed by atoms with van der Waals surface area (Å²) >= 11 is 0. The minimum Gasteiger partial charge on any atom is -0.363 e. The van der Waals surface area contributed by atoms with Crippen LogP contribution in [0.15, 0.2) is 24.5 Å². The second-order valence-corrected chi connectivity index (χ2v) is 7.21. The Labute approximate surface area is 151 Å². The maximum Gasteiger partial charge on any atom is 0.434 e. The molecule has 2 aromatic rings. The summed E-state index contributed by atoms with van der Waals surface area (Å²) in [5.41, 5.74) is 0.388. The monoisotopic (exact) mass is 367 g/mol. The quantitative estimate of drug-likeness (QED) is 0.814. The van der Waals surface area contributed by atoms with Crippen molar-refractivity contribution >= 4 is 5.82 Å². The molecule has 26 heavy (non-hydrogen) atoms. The second-order valence-electron chi connectivity index (χ2n) is 7.21. The molecule has 3 rings (SSSR count). The molecular formula is C18H24F3N5. The molecule has 1 atom stereocenters. The number of rotatable bonds is 5. The molecule has 8 heteroatoms. The summed E-state index contributed by atoms with van der Waals surface area (Å²) in [6, 6.07) is 4.05. The van der Waals surface area contributed by atoms with Crippen molar-refractivity contribution in [3.05, 3.63) is 41.6 Å². The van der Waals surface area contributed by atoms with Gasteiger partial charge in [0.05, 0.1) is 0 Å². The number of hydrogen-bond donors (Lipinski definition) is 0. The van der Waals surface area contributed by atoms with Gasteiger partial charge in [0.2, 0.25) is 0 Å². The van der Waals surface area contributed by atoms with Gasteiger partial charge in [0.15, 0.2) is 5.69 Å². The van der Waals surface area contributed by atoms with Gasteiger partial charge in [-0.2, -0.15) is 13.2 Å². The normalized spacial score (nSPS) is 17.4. The van der Waals surface area contributed by atoms with Crippen molar-refractivity contribution in [1.82, 2.24) is 19.4 Å². The largest absolute Gasteiger partial charge is 0.434 e. The summed E-state index contributed by atoms with van der Waals surface area (Å²) in [4.78, 5) is 12.2. The topological polar surface area (TPSA) is 37.2 Å². The van der Waals surface area contributed by atoms with Crippen molar-refractivity contribution in [3.8, 4) is 0 Å². The first-order valence-electron chi connectivity index (χ1n) is 8.66. The Kier molecular flexibility index (Phi) is 5.22. The van der Waals surface area contributed by atoms with Gasteiger partial charge in [0.1, 0.15) is 11.6 Å². The van der Waals surface area contributed by atoms with Crippen molar-refractivity contribution in [2.24, 2.45) is 5.92 Å². The molecule has 1 aliphatic rings. The molecule has 0 saturated heterocycles. The van der Waals surface area contributed by atoms with Crippen molar-refractivity contribution in [2.75, 3.05) is 32.6 Å². The molecule has 0 amide bonds. The lowest BCUT2D eigenvalue weighted by atomic mass is 9.99. The van der Waals surface area contributed by atoms with Crippen LogP contribution >= 0.6 is 0 Å². The maximum atomic E-state index is 12.8. The number of aryl methyl sites for hydroxylation is 1. The van der Waals surface area contributed by atoms with E-state index in [1.807, 2.05) is 32.1 Å². The molecule has 0 spiro atoms. The summed E-state index contributed by atoms with van der Waals surface area (Å²) in [6.07, 6.45) is 0.0257. The van der Waals surface area contributed by atoms with Crippen LogP contribution in [0.2, 0.25) is 0 Å². The third-order valence-electron chi connectivity index (χ3n) is 4.67. The maximum absolute atomic E-state index is 12.8. The summed E-state index contributed by atoms with van der Waals surface area (Å²) in [5, 5.41) is 0. The van der Waals surface area contributed by atoms with E-state index in [4.69, 9.17) is 0 Å². The predicted octanol–water partition coefficient (Wildman–Crippen LogP) is 3.06. The average molecular weight is 367 g/mol. The predicted molar refractivity (Wildman–Crippen MR) is 93.9 cm³/mol. The molecule has 3 heterocycles. The van der Waals surface area contributed by atoms with Crippen LogP contribution in [0, 0.1) is 5.92 Å². The number of hydrogen-bond acceptors (Lipinski definition) is 4. The molecule has 0 aromatic carbocycles. The van der Waals surface area contributed by atoms with Crippen LogP contribution in [-0.4, -0.2) is 47.1 Å². The van der Waals surface area contributed by atoms with Gasteiger partial charge in [-0.25, -0.2) is 9.97 Å². The molecule has 0 unspecified atom stereocenters. The lowest BCUT2D eigenvalue weighted by Gasteiger charge is -2.28. The van der Waals surface area contributed by atoms with Crippen molar-refractivity contribution in [1.29, 1.82) is 0 Å². The zero-order chi connectivity index (χ0) is 18.9. The second kappa shape index (κ2) is 7.26. The zero-order valence-corrected chi connectivity index (χ0v) is 15.3. The number of anilines is 1. The van der Waals surface area contributed by atoms with Gasteiger partial charge in [-0.05, 0) is 37.1 Å². The van der Waals surface area contributed by atoms with Gasteiger partial charge in [-0.15, -0.1) is 0 Å². The number of nitrogens with zero attached hydrogens (tertiary/aromatic N) is 5. The molecule has 1 aliphatic heterocycles. The fourth-order valence-corrected chi connectivity index (χ4v) is 3.42. The van der Waals surface area contributed by atoms with Crippen LogP contribution in [0.5, 0.6) is 0 Å². The van der Waals surface area contributed by atoms with E-state index in [1.54, 1.807) is 10.8 Å². The van der Waals surface area contributed by atoms with Crippen LogP contribution in [-0.2, 0) is 25.7 Å². The van der Waals surface area contributed by atoms with Gasteiger partial charge in [-0.1, -0.05) is 0 Å². The minimum atomic E-state index is -4.37. The van der Waals surface area contributed by atoms with Crippen LogP contribution < -0.4 is 4.90 Å². The number of fused-ring (bicyclic) bond motifs is 1. The van der Waals surface area contributed by atoms with Crippen molar-refractivity contribution in [2.45, 2.75) is 32.1 Å². The molecule has 5 nitrogen and oxygen atoms in total. The number of pyridine rings is 1. The van der Waals surface area contributed by atoms with Crippen LogP contribution in [0.4, 0.5) is 19.0 Å². The molecule has 0 aliphatic carbocycles. The van der Waals surface area contributed by atoms with E-state index in [9.17, 15) is 13.2 Å². The van der Waals surface area contributed by atoms with Crippen molar-refractivity contribution in [3.63, 3.8) is 0 Å². The Balaban J connectivity index is 1.60. The Morgan fingerprint density at radius 3 is 2.73 bits per heavy atom. The zero-order valence-electron chi connectivity index (χ0n) is 15.3. The lowest BCUT2D eigenvalue weighted by Crippen LogP contribution is -2.31.